The summed E-state index contributed by atoms with van der Waals surface area (Å²) in [5.41, 5.74) is 4.08. The van der Waals surface area contributed by atoms with Gasteiger partial charge in [0.15, 0.2) is 11.5 Å². The molecule has 1 unspecified atom stereocenters. The van der Waals surface area contributed by atoms with Crippen LogP contribution in [0.1, 0.15) is 43.0 Å². The van der Waals surface area contributed by atoms with Gasteiger partial charge < -0.3 is 15.0 Å². The molecule has 0 saturated carbocycles. The van der Waals surface area contributed by atoms with Gasteiger partial charge in [-0.3, -0.25) is 4.79 Å². The Kier molecular flexibility index (Phi) is 4.65. The highest BCUT2D eigenvalue weighted by Gasteiger charge is 2.33. The Hall–Kier alpha value is -3.75. The summed E-state index contributed by atoms with van der Waals surface area (Å²) in [5.74, 6) is 2.30. The summed E-state index contributed by atoms with van der Waals surface area (Å²) in [5, 5.41) is 7.70. The molecule has 31 heavy (non-hydrogen) atoms. The largest absolute Gasteiger partial charge is 0.493 e. The summed E-state index contributed by atoms with van der Waals surface area (Å²) in [7, 11) is 0. The number of carbonyl (C=O) groups excluding carboxylic acids is 1. The molecule has 5 rings (SSSR count). The lowest BCUT2D eigenvalue weighted by Gasteiger charge is -2.24. The topological polar surface area (TPSA) is 111 Å². The first kappa shape index (κ1) is 19.2. The molecule has 1 amide bonds. The van der Waals surface area contributed by atoms with E-state index in [1.807, 2.05) is 31.2 Å². The van der Waals surface area contributed by atoms with Crippen molar-refractivity contribution in [3.05, 3.63) is 53.7 Å². The van der Waals surface area contributed by atoms with Crippen LogP contribution in [-0.4, -0.2) is 42.2 Å². The Labute approximate surface area is 178 Å². The predicted molar refractivity (Wildman–Crippen MR) is 115 cm³/mol. The molecule has 9 heteroatoms. The number of ether oxygens (including phenoxy) is 1. The van der Waals surface area contributed by atoms with E-state index in [1.165, 1.54) is 6.33 Å². The third kappa shape index (κ3) is 3.41. The van der Waals surface area contributed by atoms with E-state index < -0.39 is 0 Å². The highest BCUT2D eigenvalue weighted by atomic mass is 16.5. The van der Waals surface area contributed by atoms with Crippen LogP contribution in [0.5, 0.6) is 5.75 Å². The summed E-state index contributed by atoms with van der Waals surface area (Å²) in [6, 6.07) is 7.97. The van der Waals surface area contributed by atoms with Crippen LogP contribution in [0.3, 0.4) is 0 Å². The maximum atomic E-state index is 12.6. The molecule has 158 valence electrons. The molecule has 0 spiro atoms. The first-order valence-corrected chi connectivity index (χ1v) is 10.3. The fourth-order valence-corrected chi connectivity index (χ4v) is 3.96. The molecule has 0 saturated heterocycles. The number of nitrogens with one attached hydrogen (secondary N) is 2. The number of imidazole rings is 1. The number of fused-ring (bicyclic) bond motifs is 2. The second kappa shape index (κ2) is 7.50. The molecule has 9 nitrogen and oxygen atoms in total. The Balaban J connectivity index is 1.56. The van der Waals surface area contributed by atoms with Crippen LogP contribution in [0.25, 0.3) is 17.0 Å². The lowest BCUT2D eigenvalue weighted by molar-refractivity contribution is -0.116. The molecule has 0 aliphatic carbocycles. The number of carbonyl (C=O) groups is 1. The second-order valence-electron chi connectivity index (χ2n) is 8.14. The zero-order valence-corrected chi connectivity index (χ0v) is 17.6. The number of aromatic nitrogens is 6. The van der Waals surface area contributed by atoms with E-state index in [9.17, 15) is 4.79 Å². The van der Waals surface area contributed by atoms with Crippen LogP contribution >= 0.6 is 0 Å². The third-order valence-corrected chi connectivity index (χ3v) is 5.37. The number of amides is 1. The first-order chi connectivity index (χ1) is 15.0. The van der Waals surface area contributed by atoms with Gasteiger partial charge in [-0.1, -0.05) is 26.0 Å². The molecular weight excluding hydrogens is 394 g/mol. The molecule has 1 aromatic carbocycles. The Morgan fingerprint density at radius 3 is 2.77 bits per heavy atom. The van der Waals surface area contributed by atoms with Crippen LogP contribution in [0, 0.1) is 12.8 Å². The quantitative estimate of drug-likeness (QED) is 0.515. The highest BCUT2D eigenvalue weighted by molar-refractivity contribution is 5.95. The predicted octanol–water partition coefficient (Wildman–Crippen LogP) is 3.36. The standard InChI is InChI=1S/C22H23N7O2/c1-12(2)9-31-15-6-4-14(5-7-15)16-8-17(30)27-21-18(16)13(3)28-29(21)22-19-20(24-10-23-19)25-11-26-22/h4-7,10-12,16H,8-9H2,1-3H3,(H,27,30)(H,23,24,25,26). The van der Waals surface area contributed by atoms with Crippen molar-refractivity contribution in [2.75, 3.05) is 11.9 Å². The normalized spacial score (nSPS) is 15.9. The SMILES string of the molecule is Cc1nn(-c2ncnc3nc[nH]c23)c2c1C(c1ccc(OCC(C)C)cc1)CC(=O)N2. The fraction of sp³-hybridized carbons (Fsp3) is 0.318. The van der Waals surface area contributed by atoms with E-state index in [-0.39, 0.29) is 11.8 Å². The monoisotopic (exact) mass is 417 g/mol. The van der Waals surface area contributed by atoms with Gasteiger partial charge in [-0.2, -0.15) is 9.78 Å². The average Bonchev–Trinajstić information content (AvgIpc) is 3.36. The van der Waals surface area contributed by atoms with E-state index in [0.29, 0.717) is 41.7 Å². The number of benzene rings is 1. The molecule has 4 heterocycles. The summed E-state index contributed by atoms with van der Waals surface area (Å²) in [6.07, 6.45) is 3.37. The van der Waals surface area contributed by atoms with Gasteiger partial charge in [-0.25, -0.2) is 15.0 Å². The van der Waals surface area contributed by atoms with Gasteiger partial charge in [0.1, 0.15) is 23.4 Å². The van der Waals surface area contributed by atoms with Crippen LogP contribution in [0.2, 0.25) is 0 Å². The van der Waals surface area contributed by atoms with Gasteiger partial charge in [0.25, 0.3) is 0 Å². The lowest BCUT2D eigenvalue weighted by Crippen LogP contribution is -2.25. The van der Waals surface area contributed by atoms with Crippen molar-refractivity contribution in [2.45, 2.75) is 33.1 Å². The van der Waals surface area contributed by atoms with Crippen LogP contribution in [0.4, 0.5) is 5.82 Å². The highest BCUT2D eigenvalue weighted by Crippen LogP contribution is 2.40. The maximum absolute atomic E-state index is 12.6. The van der Waals surface area contributed by atoms with Crippen LogP contribution in [0.15, 0.2) is 36.9 Å². The molecule has 0 bridgehead atoms. The van der Waals surface area contributed by atoms with Crippen LogP contribution < -0.4 is 10.1 Å². The van der Waals surface area contributed by atoms with E-state index in [4.69, 9.17) is 9.84 Å². The van der Waals surface area contributed by atoms with Crippen LogP contribution in [-0.2, 0) is 4.79 Å². The molecule has 4 aromatic rings. The zero-order chi connectivity index (χ0) is 21.5. The molecule has 0 radical (unpaired) electrons. The van der Waals surface area contributed by atoms with Crippen molar-refractivity contribution < 1.29 is 9.53 Å². The van der Waals surface area contributed by atoms with Gasteiger partial charge in [0.05, 0.1) is 18.6 Å². The number of H-pyrrole nitrogens is 1. The lowest BCUT2D eigenvalue weighted by atomic mass is 9.86. The first-order valence-electron chi connectivity index (χ1n) is 10.3. The second-order valence-corrected chi connectivity index (χ2v) is 8.14. The molecule has 1 aliphatic rings. The number of anilines is 1. The average molecular weight is 417 g/mol. The maximum Gasteiger partial charge on any atom is 0.226 e. The minimum Gasteiger partial charge on any atom is -0.493 e. The Bertz CT molecular complexity index is 1260. The molecule has 2 N–H and O–H groups in total. The molecule has 0 fully saturated rings. The van der Waals surface area contributed by atoms with Gasteiger partial charge in [0.2, 0.25) is 5.91 Å². The number of rotatable bonds is 5. The number of nitrogens with zero attached hydrogens (tertiary/aromatic N) is 5. The van der Waals surface area contributed by atoms with Crippen molar-refractivity contribution in [3.8, 4) is 11.6 Å². The van der Waals surface area contributed by atoms with Crippen molar-refractivity contribution in [1.29, 1.82) is 0 Å². The number of hydrogen-bond donors (Lipinski definition) is 2. The van der Waals surface area contributed by atoms with E-state index >= 15 is 0 Å². The van der Waals surface area contributed by atoms with Crippen molar-refractivity contribution in [1.82, 2.24) is 29.7 Å². The number of hydrogen-bond acceptors (Lipinski definition) is 6. The fourth-order valence-electron chi connectivity index (χ4n) is 3.96. The third-order valence-electron chi connectivity index (χ3n) is 5.37. The zero-order valence-electron chi connectivity index (χ0n) is 17.6. The van der Waals surface area contributed by atoms with E-state index in [0.717, 1.165) is 22.6 Å². The van der Waals surface area contributed by atoms with Gasteiger partial charge in [-0.05, 0) is 30.5 Å². The van der Waals surface area contributed by atoms with E-state index in [1.54, 1.807) is 11.0 Å². The number of aromatic amines is 1. The van der Waals surface area contributed by atoms with Crippen molar-refractivity contribution in [3.63, 3.8) is 0 Å². The molecule has 1 atom stereocenters. The number of aryl methyl sites for hydroxylation is 1. The molecular formula is C22H23N7O2. The Morgan fingerprint density at radius 1 is 1.19 bits per heavy atom. The summed E-state index contributed by atoms with van der Waals surface area (Å²) in [4.78, 5) is 28.4. The summed E-state index contributed by atoms with van der Waals surface area (Å²) >= 11 is 0. The smallest absolute Gasteiger partial charge is 0.226 e. The van der Waals surface area contributed by atoms with Gasteiger partial charge >= 0.3 is 0 Å². The van der Waals surface area contributed by atoms with E-state index in [2.05, 4.69) is 39.1 Å². The minimum absolute atomic E-state index is 0.0614. The van der Waals surface area contributed by atoms with Gasteiger partial charge in [-0.15, -0.1) is 0 Å². The van der Waals surface area contributed by atoms with Crippen molar-refractivity contribution >= 4 is 22.9 Å². The molecule has 3 aromatic heterocycles. The Morgan fingerprint density at radius 2 is 2.00 bits per heavy atom. The summed E-state index contributed by atoms with van der Waals surface area (Å²) in [6.45, 7) is 6.85. The minimum atomic E-state index is -0.101. The summed E-state index contributed by atoms with van der Waals surface area (Å²) < 4.78 is 7.46. The molecule has 1 aliphatic heterocycles. The van der Waals surface area contributed by atoms with Gasteiger partial charge in [0, 0.05) is 17.9 Å². The van der Waals surface area contributed by atoms with Crippen molar-refractivity contribution in [2.24, 2.45) is 5.92 Å².